The van der Waals surface area contributed by atoms with Gasteiger partial charge in [0.05, 0.1) is 12.8 Å². The van der Waals surface area contributed by atoms with Crippen LogP contribution in [-0.2, 0) is 4.79 Å². The molecule has 2 atom stereocenters. The van der Waals surface area contributed by atoms with Crippen LogP contribution < -0.4 is 15.8 Å². The molecule has 2 rings (SSSR count). The molecule has 0 spiro atoms. The molecule has 1 fully saturated rings. The molecule has 0 saturated heterocycles. The van der Waals surface area contributed by atoms with Gasteiger partial charge in [-0.15, -0.1) is 12.4 Å². The lowest BCUT2D eigenvalue weighted by Crippen LogP contribution is -2.35. The third-order valence-corrected chi connectivity index (χ3v) is 3.86. The summed E-state index contributed by atoms with van der Waals surface area (Å²) in [6, 6.07) is 4.35. The van der Waals surface area contributed by atoms with Crippen molar-refractivity contribution in [3.63, 3.8) is 0 Å². The van der Waals surface area contributed by atoms with Crippen LogP contribution in [0, 0.1) is 11.7 Å². The van der Waals surface area contributed by atoms with E-state index < -0.39 is 5.82 Å². The molecule has 1 amide bonds. The average Bonchev–Trinajstić information content (AvgIpc) is 2.44. The highest BCUT2D eigenvalue weighted by molar-refractivity contribution is 5.91. The van der Waals surface area contributed by atoms with E-state index in [0.717, 1.165) is 25.7 Å². The summed E-state index contributed by atoms with van der Waals surface area (Å²) in [6.45, 7) is 0. The van der Waals surface area contributed by atoms with Gasteiger partial charge in [0.15, 0.2) is 0 Å². The van der Waals surface area contributed by atoms with Crippen molar-refractivity contribution in [3.8, 4) is 5.75 Å². The molecule has 1 saturated carbocycles. The molecular weight excluding hydrogens is 295 g/mol. The number of nitrogens with one attached hydrogen (secondary N) is 1. The molecule has 0 aliphatic heterocycles. The fourth-order valence-electron chi connectivity index (χ4n) is 2.66. The quantitative estimate of drug-likeness (QED) is 0.897. The maximum Gasteiger partial charge on any atom is 0.224 e. The maximum absolute atomic E-state index is 13.6. The molecule has 1 aliphatic carbocycles. The summed E-state index contributed by atoms with van der Waals surface area (Å²) in [5.74, 6) is 0.0417. The van der Waals surface area contributed by atoms with E-state index in [1.54, 1.807) is 0 Å². The number of carbonyl (C=O) groups excluding carboxylic acids is 1. The van der Waals surface area contributed by atoms with Crippen LogP contribution in [-0.4, -0.2) is 19.1 Å². The third kappa shape index (κ3) is 4.86. The number of ether oxygens (including phenoxy) is 1. The standard InChI is InChI=1S/C15H21FN2O2.ClH/c1-20-11-6-7-12(16)14(9-11)18-15(19)8-10-4-2-3-5-13(10)17;/h6-7,9-10,13H,2-5,8,17H2,1H3,(H,18,19);1H. The Kier molecular flexibility index (Phi) is 6.92. The Morgan fingerprint density at radius 2 is 2.14 bits per heavy atom. The number of rotatable bonds is 4. The van der Waals surface area contributed by atoms with Gasteiger partial charge in [-0.1, -0.05) is 12.8 Å². The first-order chi connectivity index (χ1) is 9.60. The zero-order valence-corrected chi connectivity index (χ0v) is 12.9. The van der Waals surface area contributed by atoms with Gasteiger partial charge in [0.25, 0.3) is 0 Å². The lowest BCUT2D eigenvalue weighted by molar-refractivity contribution is -0.117. The zero-order valence-electron chi connectivity index (χ0n) is 12.1. The molecule has 3 N–H and O–H groups in total. The normalized spacial score (nSPS) is 21.3. The van der Waals surface area contributed by atoms with E-state index in [1.165, 1.54) is 25.3 Å². The molecular formula is C15H22ClFN2O2. The number of hydrogen-bond acceptors (Lipinski definition) is 3. The van der Waals surface area contributed by atoms with Crippen LogP contribution in [0.4, 0.5) is 10.1 Å². The van der Waals surface area contributed by atoms with Crippen molar-refractivity contribution >= 4 is 24.0 Å². The van der Waals surface area contributed by atoms with E-state index in [0.29, 0.717) is 12.2 Å². The molecule has 1 aromatic rings. The summed E-state index contributed by atoms with van der Waals surface area (Å²) in [4.78, 5) is 12.0. The summed E-state index contributed by atoms with van der Waals surface area (Å²) in [7, 11) is 1.50. The highest BCUT2D eigenvalue weighted by atomic mass is 35.5. The largest absolute Gasteiger partial charge is 0.497 e. The van der Waals surface area contributed by atoms with Crippen LogP contribution in [0.25, 0.3) is 0 Å². The van der Waals surface area contributed by atoms with Crippen molar-refractivity contribution in [2.45, 2.75) is 38.1 Å². The first-order valence-electron chi connectivity index (χ1n) is 6.99. The number of nitrogens with two attached hydrogens (primary N) is 1. The van der Waals surface area contributed by atoms with Gasteiger partial charge in [-0.3, -0.25) is 4.79 Å². The second-order valence-electron chi connectivity index (χ2n) is 5.31. The SMILES string of the molecule is COc1ccc(F)c(NC(=O)CC2CCCCC2N)c1.Cl. The van der Waals surface area contributed by atoms with Crippen molar-refractivity contribution in [2.75, 3.05) is 12.4 Å². The van der Waals surface area contributed by atoms with Gasteiger partial charge < -0.3 is 15.8 Å². The van der Waals surface area contributed by atoms with Gasteiger partial charge in [-0.05, 0) is 30.9 Å². The van der Waals surface area contributed by atoms with Crippen LogP contribution in [0.2, 0.25) is 0 Å². The third-order valence-electron chi connectivity index (χ3n) is 3.86. The predicted molar refractivity (Wildman–Crippen MR) is 83.4 cm³/mol. The van der Waals surface area contributed by atoms with Gasteiger partial charge in [-0.25, -0.2) is 4.39 Å². The zero-order chi connectivity index (χ0) is 14.5. The summed E-state index contributed by atoms with van der Waals surface area (Å²) in [5.41, 5.74) is 6.17. The van der Waals surface area contributed by atoms with Crippen molar-refractivity contribution in [2.24, 2.45) is 11.7 Å². The van der Waals surface area contributed by atoms with Crippen molar-refractivity contribution in [1.29, 1.82) is 0 Å². The van der Waals surface area contributed by atoms with Gasteiger partial charge in [0.2, 0.25) is 5.91 Å². The predicted octanol–water partition coefficient (Wildman–Crippen LogP) is 3.10. The molecule has 1 aromatic carbocycles. The number of halogens is 2. The average molecular weight is 317 g/mol. The Morgan fingerprint density at radius 1 is 1.43 bits per heavy atom. The summed E-state index contributed by atoms with van der Waals surface area (Å²) in [5, 5.41) is 2.60. The Labute approximate surface area is 130 Å². The monoisotopic (exact) mass is 316 g/mol. The van der Waals surface area contributed by atoms with Gasteiger partial charge in [0, 0.05) is 18.5 Å². The van der Waals surface area contributed by atoms with Crippen LogP contribution in [0.15, 0.2) is 18.2 Å². The maximum atomic E-state index is 13.6. The molecule has 0 radical (unpaired) electrons. The number of carbonyl (C=O) groups is 1. The first kappa shape index (κ1) is 17.7. The second-order valence-corrected chi connectivity index (χ2v) is 5.31. The topological polar surface area (TPSA) is 64.3 Å². The number of anilines is 1. The van der Waals surface area contributed by atoms with Crippen LogP contribution in [0.3, 0.4) is 0 Å². The molecule has 1 aliphatic rings. The molecule has 0 heterocycles. The van der Waals surface area contributed by atoms with E-state index in [4.69, 9.17) is 10.5 Å². The molecule has 2 unspecified atom stereocenters. The van der Waals surface area contributed by atoms with E-state index in [-0.39, 0.29) is 36.0 Å². The lowest BCUT2D eigenvalue weighted by Gasteiger charge is -2.27. The Bertz CT molecular complexity index is 485. The lowest BCUT2D eigenvalue weighted by atomic mass is 9.83. The van der Waals surface area contributed by atoms with Gasteiger partial charge in [0.1, 0.15) is 11.6 Å². The molecule has 6 heteroatoms. The Morgan fingerprint density at radius 3 is 2.81 bits per heavy atom. The smallest absolute Gasteiger partial charge is 0.224 e. The summed E-state index contributed by atoms with van der Waals surface area (Å²) < 4.78 is 18.6. The molecule has 4 nitrogen and oxygen atoms in total. The molecule has 21 heavy (non-hydrogen) atoms. The van der Waals surface area contributed by atoms with E-state index in [9.17, 15) is 9.18 Å². The highest BCUT2D eigenvalue weighted by Gasteiger charge is 2.24. The van der Waals surface area contributed by atoms with Gasteiger partial charge in [-0.2, -0.15) is 0 Å². The van der Waals surface area contributed by atoms with Crippen LogP contribution >= 0.6 is 12.4 Å². The number of hydrogen-bond donors (Lipinski definition) is 2. The number of methoxy groups -OCH3 is 1. The minimum Gasteiger partial charge on any atom is -0.497 e. The van der Waals surface area contributed by atoms with Crippen LogP contribution in [0.5, 0.6) is 5.75 Å². The number of amides is 1. The molecule has 0 aromatic heterocycles. The minimum absolute atomic E-state index is 0. The van der Waals surface area contributed by atoms with Crippen molar-refractivity contribution in [3.05, 3.63) is 24.0 Å². The first-order valence-corrected chi connectivity index (χ1v) is 6.99. The Balaban J connectivity index is 0.00000220. The second kappa shape index (κ2) is 8.20. The minimum atomic E-state index is -0.466. The van der Waals surface area contributed by atoms with Crippen LogP contribution in [0.1, 0.15) is 32.1 Å². The highest BCUT2D eigenvalue weighted by Crippen LogP contribution is 2.27. The van der Waals surface area contributed by atoms with Gasteiger partial charge >= 0.3 is 0 Å². The molecule has 0 bridgehead atoms. The summed E-state index contributed by atoms with van der Waals surface area (Å²) >= 11 is 0. The fraction of sp³-hybridized carbons (Fsp3) is 0.533. The summed E-state index contributed by atoms with van der Waals surface area (Å²) in [6.07, 6.45) is 4.52. The van der Waals surface area contributed by atoms with E-state index in [2.05, 4.69) is 5.32 Å². The van der Waals surface area contributed by atoms with E-state index in [1.807, 2.05) is 0 Å². The Hall–Kier alpha value is -1.33. The van der Waals surface area contributed by atoms with E-state index >= 15 is 0 Å². The molecule has 118 valence electrons. The van der Waals surface area contributed by atoms with Crippen molar-refractivity contribution < 1.29 is 13.9 Å². The fourth-order valence-corrected chi connectivity index (χ4v) is 2.66. The number of benzene rings is 1. The van der Waals surface area contributed by atoms with Crippen molar-refractivity contribution in [1.82, 2.24) is 0 Å².